The Kier molecular flexibility index (Phi) is 7.60. The summed E-state index contributed by atoms with van der Waals surface area (Å²) in [5.41, 5.74) is 1.75. The van der Waals surface area contributed by atoms with Crippen LogP contribution < -0.4 is 5.32 Å². The number of benzene rings is 2. The highest BCUT2D eigenvalue weighted by Crippen LogP contribution is 2.18. The van der Waals surface area contributed by atoms with Gasteiger partial charge in [0, 0.05) is 35.4 Å². The summed E-state index contributed by atoms with van der Waals surface area (Å²) in [6, 6.07) is 14.7. The Labute approximate surface area is 177 Å². The van der Waals surface area contributed by atoms with Crippen LogP contribution in [0.5, 0.6) is 0 Å². The number of piperidine rings is 1. The lowest BCUT2D eigenvalue weighted by molar-refractivity contribution is 0.162. The van der Waals surface area contributed by atoms with Gasteiger partial charge >= 0.3 is 6.03 Å². The molecule has 1 N–H and O–H groups in total. The number of anilines is 1. The minimum atomic E-state index is -0.123. The molecule has 0 atom stereocenters. The summed E-state index contributed by atoms with van der Waals surface area (Å²) in [6.07, 6.45) is 2.46. The molecule has 0 spiro atoms. The van der Waals surface area contributed by atoms with Gasteiger partial charge in [0.1, 0.15) is 0 Å². The molecule has 0 saturated carbocycles. The van der Waals surface area contributed by atoms with Gasteiger partial charge < -0.3 is 15.1 Å². The summed E-state index contributed by atoms with van der Waals surface area (Å²) in [7, 11) is 0. The number of carbonyl (C=O) groups is 1. The summed E-state index contributed by atoms with van der Waals surface area (Å²) in [5.74, 6) is 0.799. The summed E-state index contributed by atoms with van der Waals surface area (Å²) in [4.78, 5) is 17.2. The molecule has 1 aliphatic rings. The van der Waals surface area contributed by atoms with Crippen molar-refractivity contribution in [2.45, 2.75) is 26.3 Å². The van der Waals surface area contributed by atoms with Crippen molar-refractivity contribution in [1.29, 1.82) is 0 Å². The molecule has 2 amide bonds. The van der Waals surface area contributed by atoms with E-state index in [4.69, 9.17) is 23.2 Å². The highest BCUT2D eigenvalue weighted by atomic mass is 35.5. The predicted octanol–water partition coefficient (Wildman–Crippen LogP) is 5.76. The van der Waals surface area contributed by atoms with E-state index >= 15 is 0 Å². The van der Waals surface area contributed by atoms with E-state index in [9.17, 15) is 4.79 Å². The minimum Gasteiger partial charge on any atom is -0.319 e. The second-order valence-corrected chi connectivity index (χ2v) is 8.39. The van der Waals surface area contributed by atoms with Crippen molar-refractivity contribution in [2.24, 2.45) is 5.92 Å². The molecule has 6 heteroatoms. The molecular formula is C22H27Cl2N3O. The standard InChI is InChI=1S/C22H27Cl2N3O/c1-17-9-11-26(12-10-17)13-14-27(16-18-5-7-19(23)8-6-18)22(28)25-21-4-2-3-20(24)15-21/h2-8,15,17H,9-14,16H2,1H3,(H,25,28). The lowest BCUT2D eigenvalue weighted by Gasteiger charge is -2.32. The second-order valence-electron chi connectivity index (χ2n) is 7.51. The van der Waals surface area contributed by atoms with E-state index in [0.29, 0.717) is 28.8 Å². The maximum atomic E-state index is 12.9. The fourth-order valence-electron chi connectivity index (χ4n) is 3.38. The Balaban J connectivity index is 1.65. The summed E-state index contributed by atoms with van der Waals surface area (Å²) >= 11 is 12.0. The van der Waals surface area contributed by atoms with Crippen LogP contribution in [0.4, 0.5) is 10.5 Å². The number of urea groups is 1. The zero-order valence-corrected chi connectivity index (χ0v) is 17.7. The molecule has 0 radical (unpaired) electrons. The van der Waals surface area contributed by atoms with Crippen molar-refractivity contribution in [2.75, 3.05) is 31.5 Å². The molecule has 1 saturated heterocycles. The van der Waals surface area contributed by atoms with Gasteiger partial charge in [0.15, 0.2) is 0 Å². The molecule has 28 heavy (non-hydrogen) atoms. The molecule has 1 heterocycles. The number of carbonyl (C=O) groups excluding carboxylic acids is 1. The van der Waals surface area contributed by atoms with Crippen LogP contribution in [0, 0.1) is 5.92 Å². The fraction of sp³-hybridized carbons (Fsp3) is 0.409. The average Bonchev–Trinajstić information content (AvgIpc) is 2.68. The number of nitrogens with zero attached hydrogens (tertiary/aromatic N) is 2. The molecule has 1 fully saturated rings. The summed E-state index contributed by atoms with van der Waals surface area (Å²) in [6.45, 7) is 6.60. The summed E-state index contributed by atoms with van der Waals surface area (Å²) in [5, 5.41) is 4.26. The monoisotopic (exact) mass is 419 g/mol. The average molecular weight is 420 g/mol. The normalized spacial score (nSPS) is 15.4. The van der Waals surface area contributed by atoms with Crippen molar-refractivity contribution in [3.8, 4) is 0 Å². The van der Waals surface area contributed by atoms with Gasteiger partial charge in [-0.1, -0.05) is 48.3 Å². The number of hydrogen-bond acceptors (Lipinski definition) is 2. The minimum absolute atomic E-state index is 0.123. The molecule has 1 aliphatic heterocycles. The predicted molar refractivity (Wildman–Crippen MR) is 117 cm³/mol. The Morgan fingerprint density at radius 3 is 2.50 bits per heavy atom. The van der Waals surface area contributed by atoms with Gasteiger partial charge in [0.2, 0.25) is 0 Å². The second kappa shape index (κ2) is 10.1. The van der Waals surface area contributed by atoms with Crippen molar-refractivity contribution < 1.29 is 4.79 Å². The SMILES string of the molecule is CC1CCN(CCN(Cc2ccc(Cl)cc2)C(=O)Nc2cccc(Cl)c2)CC1. The Bertz CT molecular complexity index is 774. The van der Waals surface area contributed by atoms with Gasteiger partial charge in [-0.25, -0.2) is 4.79 Å². The van der Waals surface area contributed by atoms with Crippen LogP contribution >= 0.6 is 23.2 Å². The molecule has 0 unspecified atom stereocenters. The zero-order chi connectivity index (χ0) is 19.9. The molecule has 0 aliphatic carbocycles. The molecule has 0 bridgehead atoms. The lowest BCUT2D eigenvalue weighted by atomic mass is 9.99. The van der Waals surface area contributed by atoms with Crippen LogP contribution in [-0.4, -0.2) is 42.0 Å². The highest BCUT2D eigenvalue weighted by molar-refractivity contribution is 6.31. The van der Waals surface area contributed by atoms with Gasteiger partial charge in [0.05, 0.1) is 0 Å². The first-order valence-electron chi connectivity index (χ1n) is 9.78. The van der Waals surface area contributed by atoms with E-state index in [-0.39, 0.29) is 6.03 Å². The summed E-state index contributed by atoms with van der Waals surface area (Å²) < 4.78 is 0. The lowest BCUT2D eigenvalue weighted by Crippen LogP contribution is -2.42. The first-order chi connectivity index (χ1) is 13.5. The van der Waals surface area contributed by atoms with Crippen LogP contribution in [0.2, 0.25) is 10.0 Å². The Hall–Kier alpha value is -1.75. The maximum Gasteiger partial charge on any atom is 0.322 e. The van der Waals surface area contributed by atoms with Crippen molar-refractivity contribution in [3.05, 3.63) is 64.1 Å². The number of halogens is 2. The highest BCUT2D eigenvalue weighted by Gasteiger charge is 2.19. The van der Waals surface area contributed by atoms with E-state index in [2.05, 4.69) is 17.1 Å². The van der Waals surface area contributed by atoms with E-state index in [1.807, 2.05) is 41.3 Å². The van der Waals surface area contributed by atoms with E-state index < -0.39 is 0 Å². The number of nitrogens with one attached hydrogen (secondary N) is 1. The fourth-order valence-corrected chi connectivity index (χ4v) is 3.70. The molecule has 2 aromatic rings. The number of rotatable bonds is 6. The van der Waals surface area contributed by atoms with E-state index in [1.54, 1.807) is 12.1 Å². The van der Waals surface area contributed by atoms with Gasteiger partial charge in [-0.05, 0) is 67.7 Å². The zero-order valence-electron chi connectivity index (χ0n) is 16.2. The van der Waals surface area contributed by atoms with Crippen LogP contribution in [-0.2, 0) is 6.54 Å². The van der Waals surface area contributed by atoms with Crippen LogP contribution in [0.3, 0.4) is 0 Å². The molecule has 4 nitrogen and oxygen atoms in total. The van der Waals surface area contributed by atoms with E-state index in [1.165, 1.54) is 12.8 Å². The van der Waals surface area contributed by atoms with Crippen molar-refractivity contribution in [3.63, 3.8) is 0 Å². The third kappa shape index (κ3) is 6.40. The Morgan fingerprint density at radius 1 is 1.11 bits per heavy atom. The van der Waals surface area contributed by atoms with Gasteiger partial charge in [-0.15, -0.1) is 0 Å². The number of hydrogen-bond donors (Lipinski definition) is 1. The smallest absolute Gasteiger partial charge is 0.319 e. The van der Waals surface area contributed by atoms with Gasteiger partial charge in [0.25, 0.3) is 0 Å². The van der Waals surface area contributed by atoms with Crippen LogP contribution in [0.25, 0.3) is 0 Å². The van der Waals surface area contributed by atoms with Crippen LogP contribution in [0.15, 0.2) is 48.5 Å². The molecular weight excluding hydrogens is 393 g/mol. The molecule has 150 valence electrons. The number of likely N-dealkylation sites (tertiary alicyclic amines) is 1. The number of amides is 2. The van der Waals surface area contributed by atoms with Gasteiger partial charge in [-0.2, -0.15) is 0 Å². The topological polar surface area (TPSA) is 35.6 Å². The third-order valence-electron chi connectivity index (χ3n) is 5.21. The first-order valence-corrected chi connectivity index (χ1v) is 10.5. The Morgan fingerprint density at radius 2 is 1.82 bits per heavy atom. The van der Waals surface area contributed by atoms with Crippen molar-refractivity contribution in [1.82, 2.24) is 9.80 Å². The van der Waals surface area contributed by atoms with Gasteiger partial charge in [-0.3, -0.25) is 0 Å². The quantitative estimate of drug-likeness (QED) is 0.645. The molecule has 0 aromatic heterocycles. The largest absolute Gasteiger partial charge is 0.322 e. The van der Waals surface area contributed by atoms with Crippen molar-refractivity contribution >= 4 is 34.9 Å². The van der Waals surface area contributed by atoms with E-state index in [0.717, 1.165) is 31.1 Å². The molecule has 3 rings (SSSR count). The van der Waals surface area contributed by atoms with Crippen LogP contribution in [0.1, 0.15) is 25.3 Å². The maximum absolute atomic E-state index is 12.9. The third-order valence-corrected chi connectivity index (χ3v) is 5.70. The molecule has 2 aromatic carbocycles. The first kappa shape index (κ1) is 21.0.